The number of nitrogens with one attached hydrogen (secondary N) is 2. The minimum Gasteiger partial charge on any atom is -0.481 e. The molecule has 84 valence electrons. The topological polar surface area (TPSA) is 95.1 Å². The van der Waals surface area contributed by atoms with Crippen LogP contribution in [-0.4, -0.2) is 33.2 Å². The smallest absolute Gasteiger partial charge is 0.310 e. The Balaban J connectivity index is 1.91. The van der Waals surface area contributed by atoms with Crippen molar-refractivity contribution in [1.82, 2.24) is 15.5 Å². The number of carboxylic acids is 1. The number of rotatable bonds is 3. The van der Waals surface area contributed by atoms with Gasteiger partial charge in [-0.2, -0.15) is 5.10 Å². The van der Waals surface area contributed by atoms with Crippen LogP contribution in [0.4, 0.5) is 0 Å². The average Bonchev–Trinajstić information content (AvgIpc) is 2.87. The van der Waals surface area contributed by atoms with Gasteiger partial charge in [0.05, 0.1) is 5.92 Å². The van der Waals surface area contributed by atoms with E-state index in [0.29, 0.717) is 12.1 Å². The second kappa shape index (κ2) is 4.18. The van der Waals surface area contributed by atoms with E-state index in [1.54, 1.807) is 18.2 Å². The highest BCUT2D eigenvalue weighted by atomic mass is 16.4. The lowest BCUT2D eigenvalue weighted by Crippen LogP contribution is -2.33. The quantitative estimate of drug-likeness (QED) is 0.634. The largest absolute Gasteiger partial charge is 0.481 e. The molecule has 2 rings (SSSR count). The Bertz CT molecular complexity index is 425. The Morgan fingerprint density at radius 3 is 2.88 bits per heavy atom. The molecule has 0 aromatic carbocycles. The Labute approximate surface area is 91.4 Å². The highest BCUT2D eigenvalue weighted by molar-refractivity contribution is 5.92. The molecule has 0 fully saturated rings. The van der Waals surface area contributed by atoms with Crippen molar-refractivity contribution in [3.8, 4) is 0 Å². The maximum absolute atomic E-state index is 11.6. The van der Waals surface area contributed by atoms with Crippen molar-refractivity contribution in [2.45, 2.75) is 12.5 Å². The van der Waals surface area contributed by atoms with E-state index in [1.807, 2.05) is 0 Å². The number of carbonyl (C=O) groups is 2. The molecule has 1 aliphatic rings. The second-order valence-electron chi connectivity index (χ2n) is 3.62. The number of aromatic amines is 1. The number of carboxylic acid groups (broad SMARTS) is 1. The summed E-state index contributed by atoms with van der Waals surface area (Å²) in [7, 11) is 0. The molecule has 0 aliphatic heterocycles. The molecule has 16 heavy (non-hydrogen) atoms. The Morgan fingerprint density at radius 1 is 1.50 bits per heavy atom. The van der Waals surface area contributed by atoms with Crippen LogP contribution in [0.2, 0.25) is 0 Å². The first-order chi connectivity index (χ1) is 7.66. The molecule has 0 saturated carbocycles. The van der Waals surface area contributed by atoms with Crippen molar-refractivity contribution in [3.63, 3.8) is 0 Å². The molecular formula is C10H11N3O3. The number of aliphatic carboxylic acids is 1. The van der Waals surface area contributed by atoms with Crippen LogP contribution in [0.3, 0.4) is 0 Å². The molecule has 1 aliphatic carbocycles. The highest BCUT2D eigenvalue weighted by Crippen LogP contribution is 2.18. The molecule has 2 atom stereocenters. The van der Waals surface area contributed by atoms with Gasteiger partial charge in [-0.3, -0.25) is 14.7 Å². The fraction of sp³-hybridized carbons (Fsp3) is 0.300. The van der Waals surface area contributed by atoms with Crippen LogP contribution in [0.15, 0.2) is 24.4 Å². The molecule has 1 heterocycles. The van der Waals surface area contributed by atoms with Gasteiger partial charge >= 0.3 is 5.97 Å². The molecule has 6 heteroatoms. The van der Waals surface area contributed by atoms with Crippen LogP contribution in [0.5, 0.6) is 0 Å². The van der Waals surface area contributed by atoms with Gasteiger partial charge in [-0.05, 0) is 12.5 Å². The average molecular weight is 221 g/mol. The van der Waals surface area contributed by atoms with Gasteiger partial charge in [0, 0.05) is 12.2 Å². The Hall–Kier alpha value is -2.11. The first-order valence-electron chi connectivity index (χ1n) is 4.88. The number of amides is 1. The standard InChI is InChI=1S/C10H11N3O3/c14-9(8-3-4-11-13-8)12-7-2-1-6(5-7)10(15)16/h1-4,6-7H,5H2,(H,11,13)(H,12,14)(H,15,16). The minimum atomic E-state index is -0.866. The summed E-state index contributed by atoms with van der Waals surface area (Å²) >= 11 is 0. The van der Waals surface area contributed by atoms with Crippen molar-refractivity contribution in [1.29, 1.82) is 0 Å². The number of aromatic nitrogens is 2. The maximum atomic E-state index is 11.6. The molecule has 1 aromatic rings. The van der Waals surface area contributed by atoms with Crippen LogP contribution in [-0.2, 0) is 4.79 Å². The summed E-state index contributed by atoms with van der Waals surface area (Å²) in [6.45, 7) is 0. The van der Waals surface area contributed by atoms with E-state index in [1.165, 1.54) is 6.20 Å². The fourth-order valence-electron chi connectivity index (χ4n) is 1.62. The monoisotopic (exact) mass is 221 g/mol. The summed E-state index contributed by atoms with van der Waals surface area (Å²) in [5.74, 6) is -1.65. The van der Waals surface area contributed by atoms with E-state index in [-0.39, 0.29) is 11.9 Å². The van der Waals surface area contributed by atoms with E-state index in [4.69, 9.17) is 5.11 Å². The minimum absolute atomic E-state index is 0.225. The molecule has 1 aromatic heterocycles. The maximum Gasteiger partial charge on any atom is 0.310 e. The third-order valence-electron chi connectivity index (χ3n) is 2.46. The number of hydrogen-bond acceptors (Lipinski definition) is 3. The summed E-state index contributed by atoms with van der Waals surface area (Å²) in [6, 6.07) is 1.33. The van der Waals surface area contributed by atoms with Gasteiger partial charge in [0.25, 0.3) is 5.91 Å². The number of hydrogen-bond donors (Lipinski definition) is 3. The molecule has 0 bridgehead atoms. The second-order valence-corrected chi connectivity index (χ2v) is 3.62. The van der Waals surface area contributed by atoms with E-state index < -0.39 is 11.9 Å². The van der Waals surface area contributed by atoms with Crippen LogP contribution >= 0.6 is 0 Å². The molecule has 3 N–H and O–H groups in total. The first-order valence-corrected chi connectivity index (χ1v) is 4.88. The van der Waals surface area contributed by atoms with Gasteiger partial charge in [0.15, 0.2) is 0 Å². The zero-order valence-electron chi connectivity index (χ0n) is 8.38. The summed E-state index contributed by atoms with van der Waals surface area (Å²) < 4.78 is 0. The van der Waals surface area contributed by atoms with Gasteiger partial charge in [-0.15, -0.1) is 0 Å². The molecule has 0 spiro atoms. The number of carbonyl (C=O) groups excluding carboxylic acids is 1. The molecule has 6 nitrogen and oxygen atoms in total. The predicted octanol–water partition coefficient (Wildman–Crippen LogP) is 0.169. The van der Waals surface area contributed by atoms with Crippen molar-refractivity contribution in [3.05, 3.63) is 30.1 Å². The summed E-state index contributed by atoms with van der Waals surface area (Å²) in [5.41, 5.74) is 0.368. The van der Waals surface area contributed by atoms with Crippen molar-refractivity contribution in [2.75, 3.05) is 0 Å². The molecule has 0 saturated heterocycles. The third kappa shape index (κ3) is 2.10. The van der Waals surface area contributed by atoms with Crippen molar-refractivity contribution >= 4 is 11.9 Å². The van der Waals surface area contributed by atoms with Gasteiger partial charge in [-0.25, -0.2) is 0 Å². The first kappa shape index (κ1) is 10.4. The lowest BCUT2D eigenvalue weighted by molar-refractivity contribution is -0.140. The normalized spacial score (nSPS) is 23.2. The van der Waals surface area contributed by atoms with E-state index in [9.17, 15) is 9.59 Å². The molecule has 1 amide bonds. The predicted molar refractivity (Wildman–Crippen MR) is 54.7 cm³/mol. The van der Waals surface area contributed by atoms with Crippen LogP contribution in [0.1, 0.15) is 16.9 Å². The van der Waals surface area contributed by atoms with Crippen LogP contribution in [0, 0.1) is 5.92 Å². The van der Waals surface area contributed by atoms with E-state index in [2.05, 4.69) is 15.5 Å². The van der Waals surface area contributed by atoms with Gasteiger partial charge in [0.2, 0.25) is 0 Å². The lowest BCUT2D eigenvalue weighted by Gasteiger charge is -2.10. The molecule has 0 radical (unpaired) electrons. The Kier molecular flexibility index (Phi) is 2.72. The molecule has 2 unspecified atom stereocenters. The lowest BCUT2D eigenvalue weighted by atomic mass is 10.1. The van der Waals surface area contributed by atoms with Crippen molar-refractivity contribution < 1.29 is 14.7 Å². The summed E-state index contributed by atoms with van der Waals surface area (Å²) in [6.07, 6.45) is 5.18. The third-order valence-corrected chi connectivity index (χ3v) is 2.46. The van der Waals surface area contributed by atoms with E-state index in [0.717, 1.165) is 0 Å². The SMILES string of the molecule is O=C(NC1C=CC(C(=O)O)C1)c1ccn[nH]1. The number of H-pyrrole nitrogens is 1. The van der Waals surface area contributed by atoms with Crippen LogP contribution in [0.25, 0.3) is 0 Å². The highest BCUT2D eigenvalue weighted by Gasteiger charge is 2.25. The van der Waals surface area contributed by atoms with Gasteiger partial charge in [-0.1, -0.05) is 12.2 Å². The Morgan fingerprint density at radius 2 is 2.31 bits per heavy atom. The van der Waals surface area contributed by atoms with Crippen LogP contribution < -0.4 is 5.32 Å². The molecular weight excluding hydrogens is 210 g/mol. The van der Waals surface area contributed by atoms with Gasteiger partial charge < -0.3 is 10.4 Å². The van der Waals surface area contributed by atoms with E-state index >= 15 is 0 Å². The summed E-state index contributed by atoms with van der Waals surface area (Å²) in [5, 5.41) is 17.7. The van der Waals surface area contributed by atoms with Gasteiger partial charge in [0.1, 0.15) is 5.69 Å². The number of nitrogens with zero attached hydrogens (tertiary/aromatic N) is 1. The fourth-order valence-corrected chi connectivity index (χ4v) is 1.62. The summed E-state index contributed by atoms with van der Waals surface area (Å²) in [4.78, 5) is 22.3. The zero-order valence-corrected chi connectivity index (χ0v) is 8.38. The van der Waals surface area contributed by atoms with Crippen molar-refractivity contribution in [2.24, 2.45) is 5.92 Å². The zero-order chi connectivity index (χ0) is 11.5.